The standard InChI is InChI=1S/C4H4N2O3.2K.2H/c7-2-1-3(8)6-4(9)5-2;;;;/h1H2,(H2,5,6,7,8,9);;;;/q;2*+1;2*-1. The van der Waals surface area contributed by atoms with Crippen LogP contribution < -0.4 is 113 Å². The van der Waals surface area contributed by atoms with E-state index in [2.05, 4.69) is 0 Å². The minimum absolute atomic E-state index is 0. The van der Waals surface area contributed by atoms with E-state index in [0.29, 0.717) is 0 Å². The number of amides is 4. The molecule has 1 aliphatic rings. The van der Waals surface area contributed by atoms with Crippen LogP contribution >= 0.6 is 0 Å². The van der Waals surface area contributed by atoms with Gasteiger partial charge in [-0.25, -0.2) is 4.79 Å². The monoisotopic (exact) mass is 208 g/mol. The number of hydrogen-bond acceptors (Lipinski definition) is 3. The Morgan fingerprint density at radius 1 is 1.00 bits per heavy atom. The van der Waals surface area contributed by atoms with Gasteiger partial charge in [0.15, 0.2) is 0 Å². The Balaban J connectivity index is -0.000000101. The molecule has 0 saturated carbocycles. The van der Waals surface area contributed by atoms with Crippen molar-refractivity contribution < 1.29 is 120 Å². The molecule has 0 aromatic rings. The van der Waals surface area contributed by atoms with Crippen LogP contribution in [0.1, 0.15) is 9.27 Å². The summed E-state index contributed by atoms with van der Waals surface area (Å²) in [5, 5.41) is 3.80. The van der Waals surface area contributed by atoms with E-state index in [1.807, 2.05) is 10.6 Å². The second kappa shape index (κ2) is 7.30. The number of hydrogen-bond donors (Lipinski definition) is 2. The zero-order valence-electron chi connectivity index (χ0n) is 8.43. The number of urea groups is 1. The Labute approximate surface area is 151 Å². The summed E-state index contributed by atoms with van der Waals surface area (Å²) in [6, 6.07) is -0.740. The predicted octanol–water partition coefficient (Wildman–Crippen LogP) is -7.02. The van der Waals surface area contributed by atoms with Crippen LogP contribution in [0.25, 0.3) is 0 Å². The number of rotatable bonds is 0. The molecular weight excluding hydrogens is 202 g/mol. The van der Waals surface area contributed by atoms with Crippen LogP contribution in [0.5, 0.6) is 0 Å². The summed E-state index contributed by atoms with van der Waals surface area (Å²) >= 11 is 0. The number of imide groups is 2. The smallest absolute Gasteiger partial charge is 1.00 e. The first kappa shape index (κ1) is 15.4. The SMILES string of the molecule is O=C1CC(=O)NC(=O)N1.[H-].[H-].[K+].[K+]. The van der Waals surface area contributed by atoms with Crippen molar-refractivity contribution in [2.75, 3.05) is 0 Å². The molecule has 0 bridgehead atoms. The van der Waals surface area contributed by atoms with Gasteiger partial charge in [0.1, 0.15) is 6.42 Å². The van der Waals surface area contributed by atoms with E-state index in [1.165, 1.54) is 0 Å². The second-order valence-electron chi connectivity index (χ2n) is 1.60. The minimum Gasteiger partial charge on any atom is -1.00 e. The average molecular weight is 208 g/mol. The van der Waals surface area contributed by atoms with Gasteiger partial charge in [-0.2, -0.15) is 0 Å². The van der Waals surface area contributed by atoms with Crippen LogP contribution in [0.15, 0.2) is 0 Å². The van der Waals surface area contributed by atoms with Gasteiger partial charge in [0.2, 0.25) is 11.8 Å². The van der Waals surface area contributed by atoms with Crippen LogP contribution in [0.2, 0.25) is 0 Å². The molecule has 0 atom stereocenters. The molecule has 4 amide bonds. The summed E-state index contributed by atoms with van der Waals surface area (Å²) in [5.41, 5.74) is 0. The summed E-state index contributed by atoms with van der Waals surface area (Å²) in [6.07, 6.45) is -0.258. The quantitative estimate of drug-likeness (QED) is 0.307. The maximum Gasteiger partial charge on any atom is 1.00 e. The molecule has 1 heterocycles. The molecule has 0 aromatic heterocycles. The molecule has 7 heteroatoms. The Kier molecular flexibility index (Phi) is 10.2. The molecule has 0 aliphatic carbocycles. The molecule has 1 fully saturated rings. The summed E-state index contributed by atoms with van der Waals surface area (Å²) < 4.78 is 0. The summed E-state index contributed by atoms with van der Waals surface area (Å²) in [6.45, 7) is 0. The van der Waals surface area contributed by atoms with Gasteiger partial charge in [0.25, 0.3) is 0 Å². The van der Waals surface area contributed by atoms with Crippen molar-refractivity contribution in [2.45, 2.75) is 6.42 Å². The third-order valence-electron chi connectivity index (χ3n) is 0.827. The molecule has 0 aromatic carbocycles. The van der Waals surface area contributed by atoms with Gasteiger partial charge in [-0.05, 0) is 0 Å². The minimum atomic E-state index is -0.740. The van der Waals surface area contributed by atoms with Gasteiger partial charge >= 0.3 is 109 Å². The molecule has 52 valence electrons. The molecule has 1 rings (SSSR count). The van der Waals surface area contributed by atoms with Crippen molar-refractivity contribution in [3.8, 4) is 0 Å². The maximum absolute atomic E-state index is 10.3. The Morgan fingerprint density at radius 2 is 1.36 bits per heavy atom. The topological polar surface area (TPSA) is 75.3 Å². The fourth-order valence-electron chi connectivity index (χ4n) is 0.519. The number of barbiturate groups is 1. The van der Waals surface area contributed by atoms with Gasteiger partial charge in [-0.15, -0.1) is 0 Å². The van der Waals surface area contributed by atoms with Crippen molar-refractivity contribution in [1.29, 1.82) is 0 Å². The average Bonchev–Trinajstić information content (AvgIpc) is 1.59. The van der Waals surface area contributed by atoms with Crippen LogP contribution in [0, 0.1) is 0 Å². The van der Waals surface area contributed by atoms with Gasteiger partial charge in [0, 0.05) is 0 Å². The number of carbonyl (C=O) groups excluding carboxylic acids is 3. The van der Waals surface area contributed by atoms with Gasteiger partial charge in [-0.3, -0.25) is 20.2 Å². The van der Waals surface area contributed by atoms with Crippen molar-refractivity contribution >= 4 is 17.8 Å². The van der Waals surface area contributed by atoms with Gasteiger partial charge in [-0.1, -0.05) is 0 Å². The van der Waals surface area contributed by atoms with Crippen molar-refractivity contribution in [3.63, 3.8) is 0 Å². The number of nitrogens with one attached hydrogen (secondary N) is 2. The zero-order chi connectivity index (χ0) is 6.85. The Morgan fingerprint density at radius 3 is 1.64 bits per heavy atom. The predicted molar refractivity (Wildman–Crippen MR) is 28.5 cm³/mol. The molecule has 1 saturated heterocycles. The van der Waals surface area contributed by atoms with E-state index in [-0.39, 0.29) is 112 Å². The first-order chi connectivity index (χ1) is 4.18. The molecule has 0 spiro atoms. The third kappa shape index (κ3) is 6.02. The Hall–Kier alpha value is 1.88. The molecule has 5 nitrogen and oxygen atoms in total. The van der Waals surface area contributed by atoms with E-state index < -0.39 is 17.8 Å². The second-order valence-corrected chi connectivity index (χ2v) is 1.60. The van der Waals surface area contributed by atoms with E-state index in [1.54, 1.807) is 0 Å². The summed E-state index contributed by atoms with van der Waals surface area (Å²) in [4.78, 5) is 30.8. The maximum atomic E-state index is 10.3. The molecule has 0 unspecified atom stereocenters. The van der Waals surface area contributed by atoms with Crippen molar-refractivity contribution in [1.82, 2.24) is 10.6 Å². The van der Waals surface area contributed by atoms with E-state index in [4.69, 9.17) is 0 Å². The van der Waals surface area contributed by atoms with Crippen LogP contribution in [0.4, 0.5) is 4.79 Å². The zero-order valence-corrected chi connectivity index (χ0v) is 12.7. The molecule has 0 radical (unpaired) electrons. The van der Waals surface area contributed by atoms with Gasteiger partial charge < -0.3 is 2.85 Å². The summed E-state index contributed by atoms with van der Waals surface area (Å²) in [7, 11) is 0. The van der Waals surface area contributed by atoms with E-state index in [0.717, 1.165) is 0 Å². The van der Waals surface area contributed by atoms with Crippen molar-refractivity contribution in [2.24, 2.45) is 0 Å². The van der Waals surface area contributed by atoms with Crippen molar-refractivity contribution in [3.05, 3.63) is 0 Å². The fourth-order valence-corrected chi connectivity index (χ4v) is 0.519. The van der Waals surface area contributed by atoms with Crippen LogP contribution in [-0.2, 0) is 9.59 Å². The van der Waals surface area contributed by atoms with E-state index in [9.17, 15) is 14.4 Å². The normalized spacial score (nSPS) is 15.5. The molecule has 11 heavy (non-hydrogen) atoms. The van der Waals surface area contributed by atoms with Gasteiger partial charge in [0.05, 0.1) is 0 Å². The Bertz CT molecular complexity index is 157. The summed E-state index contributed by atoms with van der Waals surface area (Å²) in [5.74, 6) is -1.10. The molecular formula is C4H6K2N2O3. The largest absolute Gasteiger partial charge is 1.00 e. The fraction of sp³-hybridized carbons (Fsp3) is 0.250. The third-order valence-corrected chi connectivity index (χ3v) is 0.827. The van der Waals surface area contributed by atoms with Crippen LogP contribution in [-0.4, -0.2) is 17.8 Å². The molecule has 2 N–H and O–H groups in total. The molecule has 1 aliphatic heterocycles. The first-order valence-corrected chi connectivity index (χ1v) is 2.32. The number of carbonyl (C=O) groups is 3. The van der Waals surface area contributed by atoms with Crippen LogP contribution in [0.3, 0.4) is 0 Å². The first-order valence-electron chi connectivity index (χ1n) is 2.32. The van der Waals surface area contributed by atoms with E-state index >= 15 is 0 Å².